The number of carboxylic acid groups (broad SMARTS) is 1. The van der Waals surface area contributed by atoms with Gasteiger partial charge in [0.25, 0.3) is 0 Å². The highest BCUT2D eigenvalue weighted by Crippen LogP contribution is 2.38. The molecule has 0 bridgehead atoms. The van der Waals surface area contributed by atoms with Crippen LogP contribution in [0.25, 0.3) is 0 Å². The highest BCUT2D eigenvalue weighted by Gasteiger charge is 2.42. The monoisotopic (exact) mass is 265 g/mol. The average molecular weight is 265 g/mol. The Morgan fingerprint density at radius 3 is 2.47 bits per heavy atom. The van der Waals surface area contributed by atoms with Gasteiger partial charge in [-0.2, -0.15) is 0 Å². The Labute approximate surface area is 115 Å². The maximum atomic E-state index is 12.2. The molecule has 106 valence electrons. The van der Waals surface area contributed by atoms with Crippen LogP contribution in [-0.4, -0.2) is 23.0 Å². The number of aliphatic carboxylic acids is 1. The predicted molar refractivity (Wildman–Crippen MR) is 73.3 cm³/mol. The quantitative estimate of drug-likeness (QED) is 0.722. The highest BCUT2D eigenvalue weighted by molar-refractivity contribution is 5.85. The van der Waals surface area contributed by atoms with Crippen LogP contribution >= 0.6 is 0 Å². The Morgan fingerprint density at radius 2 is 2.00 bits per heavy atom. The van der Waals surface area contributed by atoms with Crippen LogP contribution in [0.3, 0.4) is 0 Å². The number of carboxylic acids is 1. The second-order valence-corrected chi connectivity index (χ2v) is 5.31. The lowest BCUT2D eigenvalue weighted by molar-refractivity contribution is -0.146. The molecule has 0 aromatic rings. The van der Waals surface area contributed by atoms with Gasteiger partial charge in [0.2, 0.25) is 5.91 Å². The molecule has 0 aromatic heterocycles. The van der Waals surface area contributed by atoms with E-state index in [9.17, 15) is 14.7 Å². The van der Waals surface area contributed by atoms with Crippen LogP contribution in [0.1, 0.15) is 46.0 Å². The molecule has 4 unspecified atom stereocenters. The zero-order chi connectivity index (χ0) is 14.4. The molecule has 0 spiro atoms. The molecule has 0 saturated heterocycles. The molecule has 1 amide bonds. The van der Waals surface area contributed by atoms with Gasteiger partial charge in [-0.15, -0.1) is 6.42 Å². The van der Waals surface area contributed by atoms with Gasteiger partial charge in [-0.1, -0.05) is 32.6 Å². The Kier molecular flexibility index (Phi) is 5.88. The SMILES string of the molecule is C#CC(CCC)NC(=O)C1CC(CC)CC1C(=O)O. The summed E-state index contributed by atoms with van der Waals surface area (Å²) in [5.74, 6) is 0.807. The van der Waals surface area contributed by atoms with E-state index in [2.05, 4.69) is 11.2 Å². The molecule has 4 atom stereocenters. The van der Waals surface area contributed by atoms with Gasteiger partial charge in [0, 0.05) is 0 Å². The van der Waals surface area contributed by atoms with E-state index >= 15 is 0 Å². The van der Waals surface area contributed by atoms with E-state index in [-0.39, 0.29) is 11.9 Å². The van der Waals surface area contributed by atoms with Crippen molar-refractivity contribution in [2.24, 2.45) is 17.8 Å². The van der Waals surface area contributed by atoms with Gasteiger partial charge in [0.15, 0.2) is 0 Å². The number of rotatable bonds is 6. The highest BCUT2D eigenvalue weighted by atomic mass is 16.4. The topological polar surface area (TPSA) is 66.4 Å². The third-order valence-corrected chi connectivity index (χ3v) is 3.99. The summed E-state index contributed by atoms with van der Waals surface area (Å²) in [5, 5.41) is 12.0. The summed E-state index contributed by atoms with van der Waals surface area (Å²) in [6, 6.07) is -0.285. The van der Waals surface area contributed by atoms with E-state index in [4.69, 9.17) is 6.42 Å². The van der Waals surface area contributed by atoms with Crippen molar-refractivity contribution in [2.45, 2.75) is 52.0 Å². The molecule has 1 fully saturated rings. The van der Waals surface area contributed by atoms with Gasteiger partial charge in [-0.25, -0.2) is 0 Å². The third-order valence-electron chi connectivity index (χ3n) is 3.99. The molecule has 1 aliphatic rings. The summed E-state index contributed by atoms with van der Waals surface area (Å²) in [7, 11) is 0. The van der Waals surface area contributed by atoms with Crippen molar-refractivity contribution in [1.82, 2.24) is 5.32 Å². The van der Waals surface area contributed by atoms with Crippen molar-refractivity contribution in [3.8, 4) is 12.3 Å². The summed E-state index contributed by atoms with van der Waals surface area (Å²) in [4.78, 5) is 23.4. The number of hydrogen-bond acceptors (Lipinski definition) is 2. The van der Waals surface area contributed by atoms with Gasteiger partial charge in [0.05, 0.1) is 17.9 Å². The first kappa shape index (κ1) is 15.6. The first-order valence-corrected chi connectivity index (χ1v) is 7.02. The van der Waals surface area contributed by atoms with Crippen LogP contribution in [0.2, 0.25) is 0 Å². The normalized spacial score (nSPS) is 27.5. The lowest BCUT2D eigenvalue weighted by Gasteiger charge is -2.18. The van der Waals surface area contributed by atoms with Crippen molar-refractivity contribution in [1.29, 1.82) is 0 Å². The molecular formula is C15H23NO3. The Bertz CT molecular complexity index is 372. The zero-order valence-electron chi connectivity index (χ0n) is 11.7. The lowest BCUT2D eigenvalue weighted by Crippen LogP contribution is -2.40. The van der Waals surface area contributed by atoms with Crippen LogP contribution in [0.4, 0.5) is 0 Å². The van der Waals surface area contributed by atoms with E-state index in [1.165, 1.54) is 0 Å². The number of amides is 1. The molecule has 1 aliphatic carbocycles. The fourth-order valence-electron chi connectivity index (χ4n) is 2.80. The minimum absolute atomic E-state index is 0.195. The van der Waals surface area contributed by atoms with Crippen molar-refractivity contribution in [3.05, 3.63) is 0 Å². The Morgan fingerprint density at radius 1 is 1.37 bits per heavy atom. The lowest BCUT2D eigenvalue weighted by atomic mass is 9.95. The van der Waals surface area contributed by atoms with Gasteiger partial charge >= 0.3 is 5.97 Å². The Hall–Kier alpha value is -1.50. The summed E-state index contributed by atoms with van der Waals surface area (Å²) in [6.45, 7) is 4.03. The van der Waals surface area contributed by atoms with Gasteiger partial charge < -0.3 is 10.4 Å². The van der Waals surface area contributed by atoms with Gasteiger partial charge in [-0.3, -0.25) is 9.59 Å². The molecule has 0 radical (unpaired) electrons. The minimum atomic E-state index is -0.871. The van der Waals surface area contributed by atoms with Crippen LogP contribution in [0.15, 0.2) is 0 Å². The van der Waals surface area contributed by atoms with Crippen molar-refractivity contribution >= 4 is 11.9 Å². The predicted octanol–water partition coefficient (Wildman–Crippen LogP) is 2.04. The van der Waals surface area contributed by atoms with E-state index in [0.29, 0.717) is 18.8 Å². The minimum Gasteiger partial charge on any atom is -0.481 e. The number of nitrogens with one attached hydrogen (secondary N) is 1. The molecular weight excluding hydrogens is 242 g/mol. The molecule has 1 saturated carbocycles. The van der Waals surface area contributed by atoms with E-state index in [0.717, 1.165) is 19.3 Å². The molecule has 0 aromatic carbocycles. The summed E-state index contributed by atoms with van der Waals surface area (Å²) in [5.41, 5.74) is 0. The molecule has 19 heavy (non-hydrogen) atoms. The molecule has 0 heterocycles. The molecule has 0 aliphatic heterocycles. The van der Waals surface area contributed by atoms with E-state index < -0.39 is 17.8 Å². The van der Waals surface area contributed by atoms with Crippen molar-refractivity contribution in [2.75, 3.05) is 0 Å². The van der Waals surface area contributed by atoms with Crippen LogP contribution < -0.4 is 5.32 Å². The zero-order valence-corrected chi connectivity index (χ0v) is 11.7. The summed E-state index contributed by atoms with van der Waals surface area (Å²) < 4.78 is 0. The second-order valence-electron chi connectivity index (χ2n) is 5.31. The number of terminal acetylenes is 1. The van der Waals surface area contributed by atoms with Crippen molar-refractivity contribution < 1.29 is 14.7 Å². The summed E-state index contributed by atoms with van der Waals surface area (Å²) >= 11 is 0. The number of carbonyl (C=O) groups is 2. The van der Waals surface area contributed by atoms with Gasteiger partial charge in [-0.05, 0) is 25.2 Å². The Balaban J connectivity index is 2.68. The standard InChI is InChI=1S/C15H23NO3/c1-4-7-11(6-3)16-14(17)12-8-10(5-2)9-13(12)15(18)19/h3,10-13H,4-5,7-9H2,1-2H3,(H,16,17)(H,18,19). The molecule has 1 rings (SSSR count). The first-order valence-electron chi connectivity index (χ1n) is 7.02. The smallest absolute Gasteiger partial charge is 0.307 e. The molecule has 2 N–H and O–H groups in total. The van der Waals surface area contributed by atoms with E-state index in [1.54, 1.807) is 0 Å². The first-order chi connectivity index (χ1) is 9.03. The fourth-order valence-corrected chi connectivity index (χ4v) is 2.80. The van der Waals surface area contributed by atoms with Gasteiger partial charge in [0.1, 0.15) is 0 Å². The third kappa shape index (κ3) is 3.99. The summed E-state index contributed by atoms with van der Waals surface area (Å²) in [6.07, 6.45) is 9.16. The van der Waals surface area contributed by atoms with E-state index in [1.807, 2.05) is 13.8 Å². The van der Waals surface area contributed by atoms with Crippen LogP contribution in [-0.2, 0) is 9.59 Å². The molecule has 4 nitrogen and oxygen atoms in total. The van der Waals surface area contributed by atoms with Crippen LogP contribution in [0, 0.1) is 30.1 Å². The van der Waals surface area contributed by atoms with Crippen LogP contribution in [0.5, 0.6) is 0 Å². The second kappa shape index (κ2) is 7.18. The fraction of sp³-hybridized carbons (Fsp3) is 0.733. The average Bonchev–Trinajstić information content (AvgIpc) is 2.82. The number of hydrogen-bond donors (Lipinski definition) is 2. The largest absolute Gasteiger partial charge is 0.481 e. The maximum Gasteiger partial charge on any atom is 0.307 e. The van der Waals surface area contributed by atoms with Crippen molar-refractivity contribution in [3.63, 3.8) is 0 Å². The molecule has 4 heteroatoms. The number of carbonyl (C=O) groups excluding carboxylic acids is 1. The maximum absolute atomic E-state index is 12.2.